The van der Waals surface area contributed by atoms with Gasteiger partial charge in [0.15, 0.2) is 0 Å². The van der Waals surface area contributed by atoms with Gasteiger partial charge in [-0.25, -0.2) is 0 Å². The zero-order valence-corrected chi connectivity index (χ0v) is 34.7. The summed E-state index contributed by atoms with van der Waals surface area (Å²) in [6.07, 6.45) is 20.2. The van der Waals surface area contributed by atoms with Gasteiger partial charge in [-0.2, -0.15) is 0 Å². The van der Waals surface area contributed by atoms with Crippen LogP contribution in [-0.2, 0) is 0 Å². The fraction of sp³-hybridized carbons (Fsp3) is 0.917. The summed E-state index contributed by atoms with van der Waals surface area (Å²) in [4.78, 5) is 0. The van der Waals surface area contributed by atoms with Crippen molar-refractivity contribution >= 4 is 0 Å². The van der Waals surface area contributed by atoms with E-state index in [1.54, 1.807) is 0 Å². The van der Waals surface area contributed by atoms with Gasteiger partial charge < -0.3 is 0 Å². The van der Waals surface area contributed by atoms with Gasteiger partial charge in [-0.15, -0.1) is 0 Å². The number of allylic oxidation sites excluding steroid dienone is 4. The molecule has 0 radical (unpaired) electrons. The first-order valence-electron chi connectivity index (χ1n) is 22.2. The highest BCUT2D eigenvalue weighted by Crippen LogP contribution is 2.63. The zero-order valence-electron chi connectivity index (χ0n) is 34.7. The Labute approximate surface area is 301 Å². The van der Waals surface area contributed by atoms with E-state index >= 15 is 0 Å². The van der Waals surface area contributed by atoms with Crippen molar-refractivity contribution in [3.63, 3.8) is 0 Å². The monoisotopic (exact) mass is 661 g/mol. The van der Waals surface area contributed by atoms with Crippen LogP contribution in [0.3, 0.4) is 0 Å². The van der Waals surface area contributed by atoms with Crippen molar-refractivity contribution in [2.24, 2.45) is 101 Å². The molecule has 276 valence electrons. The van der Waals surface area contributed by atoms with Crippen molar-refractivity contribution in [2.75, 3.05) is 0 Å². The average molecular weight is 661 g/mol. The predicted octanol–water partition coefficient (Wildman–Crippen LogP) is 14.8. The van der Waals surface area contributed by atoms with Crippen LogP contribution in [-0.4, -0.2) is 0 Å². The van der Waals surface area contributed by atoms with E-state index in [1.807, 2.05) is 11.1 Å². The molecule has 0 bridgehead atoms. The molecular formula is C48H84. The van der Waals surface area contributed by atoms with E-state index in [1.165, 1.54) is 89.9 Å². The van der Waals surface area contributed by atoms with Crippen LogP contribution in [0, 0.1) is 101 Å². The Hall–Kier alpha value is -0.520. The summed E-state index contributed by atoms with van der Waals surface area (Å²) in [7, 11) is 0. The van der Waals surface area contributed by atoms with Gasteiger partial charge in [-0.1, -0.05) is 133 Å². The normalized spacial score (nSPS) is 41.8. The highest BCUT2D eigenvalue weighted by molar-refractivity contribution is 5.55. The first-order chi connectivity index (χ1) is 22.7. The molecule has 0 heteroatoms. The number of hydrogen-bond acceptors (Lipinski definition) is 0. The summed E-state index contributed by atoms with van der Waals surface area (Å²) < 4.78 is 0. The fourth-order valence-electron chi connectivity index (χ4n) is 13.5. The van der Waals surface area contributed by atoms with Crippen LogP contribution in [0.1, 0.15) is 180 Å². The maximum atomic E-state index is 2.63. The first-order valence-corrected chi connectivity index (χ1v) is 22.2. The van der Waals surface area contributed by atoms with E-state index in [2.05, 4.69) is 101 Å². The summed E-state index contributed by atoms with van der Waals surface area (Å²) in [5.74, 6) is 14.0. The van der Waals surface area contributed by atoms with Crippen LogP contribution >= 0.6 is 0 Å². The van der Waals surface area contributed by atoms with Gasteiger partial charge in [0.25, 0.3) is 0 Å². The van der Waals surface area contributed by atoms with Gasteiger partial charge in [-0.3, -0.25) is 0 Å². The van der Waals surface area contributed by atoms with Crippen LogP contribution in [0.15, 0.2) is 22.3 Å². The topological polar surface area (TPSA) is 0 Å². The van der Waals surface area contributed by atoms with Crippen LogP contribution < -0.4 is 0 Å². The summed E-state index contributed by atoms with van der Waals surface area (Å²) in [6.45, 7) is 33.9. The van der Waals surface area contributed by atoms with E-state index in [9.17, 15) is 0 Å². The molecule has 0 spiro atoms. The van der Waals surface area contributed by atoms with Crippen molar-refractivity contribution in [3.05, 3.63) is 22.3 Å². The molecule has 4 fully saturated rings. The number of rotatable bonds is 10. The maximum absolute atomic E-state index is 2.63. The summed E-state index contributed by atoms with van der Waals surface area (Å²) in [5, 5.41) is 0. The Morgan fingerprint density at radius 1 is 0.458 bits per heavy atom. The van der Waals surface area contributed by atoms with Crippen LogP contribution in [0.5, 0.6) is 0 Å². The van der Waals surface area contributed by atoms with E-state index in [0.29, 0.717) is 0 Å². The highest BCUT2D eigenvalue weighted by Gasteiger charge is 2.52. The maximum Gasteiger partial charge on any atom is 0.00530 e. The van der Waals surface area contributed by atoms with E-state index in [4.69, 9.17) is 0 Å². The second kappa shape index (κ2) is 16.4. The van der Waals surface area contributed by atoms with Crippen LogP contribution in [0.25, 0.3) is 0 Å². The van der Waals surface area contributed by atoms with Crippen molar-refractivity contribution in [2.45, 2.75) is 180 Å². The Bertz CT molecular complexity index is 1100. The molecule has 4 saturated carbocycles. The first kappa shape index (κ1) is 38.7. The van der Waals surface area contributed by atoms with E-state index < -0.39 is 0 Å². The minimum absolute atomic E-state index is 0.733. The Kier molecular flexibility index (Phi) is 13.3. The van der Waals surface area contributed by atoms with E-state index in [-0.39, 0.29) is 0 Å². The van der Waals surface area contributed by atoms with Gasteiger partial charge in [0.2, 0.25) is 0 Å². The summed E-state index contributed by atoms with van der Waals surface area (Å²) >= 11 is 0. The van der Waals surface area contributed by atoms with Gasteiger partial charge in [0, 0.05) is 5.92 Å². The van der Waals surface area contributed by atoms with Crippen molar-refractivity contribution in [3.8, 4) is 0 Å². The Morgan fingerprint density at radius 3 is 1.27 bits per heavy atom. The largest absolute Gasteiger partial charge is 0.0651 e. The highest BCUT2D eigenvalue weighted by atomic mass is 14.6. The fourth-order valence-corrected chi connectivity index (χ4v) is 13.5. The minimum Gasteiger partial charge on any atom is -0.0651 e. The lowest BCUT2D eigenvalue weighted by atomic mass is 9.57. The van der Waals surface area contributed by atoms with E-state index in [0.717, 1.165) is 101 Å². The Morgan fingerprint density at radius 2 is 0.833 bits per heavy atom. The molecule has 0 aromatic rings. The molecule has 0 aromatic heterocycles. The second-order valence-corrected chi connectivity index (χ2v) is 20.8. The van der Waals surface area contributed by atoms with Gasteiger partial charge >= 0.3 is 0 Å². The van der Waals surface area contributed by atoms with Gasteiger partial charge in [0.1, 0.15) is 0 Å². The van der Waals surface area contributed by atoms with Gasteiger partial charge in [-0.05, 0) is 164 Å². The minimum atomic E-state index is 0.733. The molecule has 0 aromatic carbocycles. The molecule has 0 amide bonds. The van der Waals surface area contributed by atoms with Crippen molar-refractivity contribution < 1.29 is 0 Å². The average Bonchev–Trinajstić information content (AvgIpc) is 3.34. The molecule has 13 atom stereocenters. The van der Waals surface area contributed by atoms with Gasteiger partial charge in [0.05, 0.1) is 0 Å². The smallest absolute Gasteiger partial charge is 0.00530 e. The number of hydrogen-bond donors (Lipinski definition) is 0. The Balaban J connectivity index is 1.87. The molecule has 0 heterocycles. The third kappa shape index (κ3) is 7.94. The van der Waals surface area contributed by atoms with Crippen molar-refractivity contribution in [1.29, 1.82) is 0 Å². The lowest BCUT2D eigenvalue weighted by molar-refractivity contribution is 0.0969. The third-order valence-corrected chi connectivity index (χ3v) is 15.9. The summed E-state index contributed by atoms with van der Waals surface area (Å²) in [6, 6.07) is 0. The lowest BCUT2D eigenvalue weighted by Gasteiger charge is -2.48. The molecule has 0 nitrogen and oxygen atoms in total. The molecule has 13 unspecified atom stereocenters. The van der Waals surface area contributed by atoms with Crippen LogP contribution in [0.4, 0.5) is 0 Å². The standard InChI is InChI=1S/C48H84/c1-14-15-40-45(41-24-32(10)16-20-36(41)28(2)3)47(43-26-34(12)18-22-38(43)30(6)7)48(44-27-35(13)19-23-39(44)31(8)9)46(40)42-25-33(11)17-21-37(42)29(4)5/h28-39,41-45H,14-27H2,1-13H3. The SMILES string of the molecule is CCCC1=C(C2CC(C)CCC2C(C)C)C(C2CC(C)CCC2C(C)C)=C(C2CC(C)CCC2C(C)C)C1C1CC(C)CCC1C(C)C. The lowest BCUT2D eigenvalue weighted by Crippen LogP contribution is -2.39. The molecule has 48 heavy (non-hydrogen) atoms. The molecule has 5 rings (SSSR count). The predicted molar refractivity (Wildman–Crippen MR) is 212 cm³/mol. The molecule has 5 aliphatic carbocycles. The molecule has 0 aliphatic heterocycles. The van der Waals surface area contributed by atoms with Crippen LogP contribution in [0.2, 0.25) is 0 Å². The quantitative estimate of drug-likeness (QED) is 0.219. The summed E-state index contributed by atoms with van der Waals surface area (Å²) in [5.41, 5.74) is 8.28. The molecule has 5 aliphatic rings. The molecule has 0 saturated heterocycles. The third-order valence-electron chi connectivity index (χ3n) is 15.9. The molecular weight excluding hydrogens is 577 g/mol. The second-order valence-electron chi connectivity index (χ2n) is 20.8. The molecule has 0 N–H and O–H groups in total. The zero-order chi connectivity index (χ0) is 35.0. The van der Waals surface area contributed by atoms with Crippen molar-refractivity contribution in [1.82, 2.24) is 0 Å².